The molecule has 0 bridgehead atoms. The van der Waals surface area contributed by atoms with Crippen LogP contribution >= 0.6 is 0 Å². The summed E-state index contributed by atoms with van der Waals surface area (Å²) >= 11 is 0. The van der Waals surface area contributed by atoms with E-state index in [1.165, 1.54) is 0 Å². The molecule has 1 aromatic rings. The molecule has 0 fully saturated rings. The molecule has 19 heavy (non-hydrogen) atoms. The SMILES string of the molecule is Cc1ccc(C(=O)NC(C)C)c(N)c1C(C)N(C)C. The second kappa shape index (κ2) is 6.06. The molecule has 0 heterocycles. The van der Waals surface area contributed by atoms with Crippen molar-refractivity contribution < 1.29 is 4.79 Å². The van der Waals surface area contributed by atoms with Gasteiger partial charge in [0.1, 0.15) is 0 Å². The predicted octanol–water partition coefficient (Wildman–Crippen LogP) is 2.34. The summed E-state index contributed by atoms with van der Waals surface area (Å²) in [6.07, 6.45) is 0. The Morgan fingerprint density at radius 1 is 1.26 bits per heavy atom. The van der Waals surface area contributed by atoms with Gasteiger partial charge in [-0.25, -0.2) is 0 Å². The van der Waals surface area contributed by atoms with Crippen molar-refractivity contribution in [3.63, 3.8) is 0 Å². The maximum Gasteiger partial charge on any atom is 0.253 e. The van der Waals surface area contributed by atoms with Crippen molar-refractivity contribution in [3.05, 3.63) is 28.8 Å². The third-order valence-corrected chi connectivity index (χ3v) is 3.36. The van der Waals surface area contributed by atoms with Crippen molar-refractivity contribution in [2.45, 2.75) is 39.8 Å². The van der Waals surface area contributed by atoms with Gasteiger partial charge in [-0.2, -0.15) is 0 Å². The number of carbonyl (C=O) groups excluding carboxylic acids is 1. The summed E-state index contributed by atoms with van der Waals surface area (Å²) in [6.45, 7) is 7.98. The number of hydrogen-bond acceptors (Lipinski definition) is 3. The van der Waals surface area contributed by atoms with E-state index in [0.29, 0.717) is 11.3 Å². The summed E-state index contributed by atoms with van der Waals surface area (Å²) in [5, 5.41) is 2.88. The number of anilines is 1. The minimum absolute atomic E-state index is 0.0999. The van der Waals surface area contributed by atoms with Gasteiger partial charge in [-0.3, -0.25) is 4.79 Å². The van der Waals surface area contributed by atoms with Crippen LogP contribution < -0.4 is 11.1 Å². The van der Waals surface area contributed by atoms with Crippen LogP contribution in [0.2, 0.25) is 0 Å². The Morgan fingerprint density at radius 3 is 2.32 bits per heavy atom. The van der Waals surface area contributed by atoms with Crippen molar-refractivity contribution in [3.8, 4) is 0 Å². The van der Waals surface area contributed by atoms with Crippen molar-refractivity contribution >= 4 is 11.6 Å². The average molecular weight is 263 g/mol. The summed E-state index contributed by atoms with van der Waals surface area (Å²) < 4.78 is 0. The predicted molar refractivity (Wildman–Crippen MR) is 80.3 cm³/mol. The van der Waals surface area contributed by atoms with Crippen LogP contribution in [-0.2, 0) is 0 Å². The molecule has 1 rings (SSSR count). The van der Waals surface area contributed by atoms with Gasteiger partial charge in [0.05, 0.1) is 5.56 Å². The van der Waals surface area contributed by atoms with Crippen LogP contribution in [0.1, 0.15) is 48.3 Å². The van der Waals surface area contributed by atoms with E-state index in [-0.39, 0.29) is 18.0 Å². The fourth-order valence-electron chi connectivity index (χ4n) is 2.10. The van der Waals surface area contributed by atoms with Crippen LogP contribution in [0.15, 0.2) is 12.1 Å². The average Bonchev–Trinajstić information content (AvgIpc) is 2.27. The van der Waals surface area contributed by atoms with Gasteiger partial charge in [0.25, 0.3) is 5.91 Å². The number of benzene rings is 1. The highest BCUT2D eigenvalue weighted by molar-refractivity contribution is 6.00. The molecule has 4 heteroatoms. The Morgan fingerprint density at radius 2 is 1.84 bits per heavy atom. The molecule has 1 unspecified atom stereocenters. The maximum absolute atomic E-state index is 12.1. The first-order valence-corrected chi connectivity index (χ1v) is 6.62. The van der Waals surface area contributed by atoms with E-state index in [1.807, 2.05) is 40.9 Å². The van der Waals surface area contributed by atoms with E-state index in [0.717, 1.165) is 11.1 Å². The largest absolute Gasteiger partial charge is 0.398 e. The zero-order valence-corrected chi connectivity index (χ0v) is 12.7. The molecule has 0 saturated carbocycles. The van der Waals surface area contributed by atoms with Crippen molar-refractivity contribution in [2.24, 2.45) is 0 Å². The molecule has 0 radical (unpaired) electrons. The van der Waals surface area contributed by atoms with Crippen LogP contribution in [-0.4, -0.2) is 30.9 Å². The van der Waals surface area contributed by atoms with Crippen molar-refractivity contribution in [1.82, 2.24) is 10.2 Å². The lowest BCUT2D eigenvalue weighted by Crippen LogP contribution is -2.31. The number of nitrogens with two attached hydrogens (primary N) is 1. The van der Waals surface area contributed by atoms with Gasteiger partial charge >= 0.3 is 0 Å². The normalized spacial score (nSPS) is 12.8. The number of amides is 1. The van der Waals surface area contributed by atoms with E-state index >= 15 is 0 Å². The Kier molecular flexibility index (Phi) is 4.95. The van der Waals surface area contributed by atoms with Gasteiger partial charge in [0.2, 0.25) is 0 Å². The van der Waals surface area contributed by atoms with Gasteiger partial charge in [-0.15, -0.1) is 0 Å². The summed E-state index contributed by atoms with van der Waals surface area (Å²) in [5.74, 6) is -0.111. The molecule has 0 aromatic heterocycles. The quantitative estimate of drug-likeness (QED) is 0.820. The first kappa shape index (κ1) is 15.5. The summed E-state index contributed by atoms with van der Waals surface area (Å²) in [7, 11) is 4.01. The Bertz CT molecular complexity index is 467. The second-order valence-electron chi connectivity index (χ2n) is 5.53. The van der Waals surface area contributed by atoms with E-state index in [2.05, 4.69) is 17.1 Å². The van der Waals surface area contributed by atoms with E-state index in [9.17, 15) is 4.79 Å². The number of rotatable bonds is 4. The Labute approximate surface area is 116 Å². The van der Waals surface area contributed by atoms with Crippen LogP contribution in [0.5, 0.6) is 0 Å². The lowest BCUT2D eigenvalue weighted by atomic mass is 9.95. The lowest BCUT2D eigenvalue weighted by molar-refractivity contribution is 0.0944. The third-order valence-electron chi connectivity index (χ3n) is 3.36. The van der Waals surface area contributed by atoms with Gasteiger partial charge in [-0.1, -0.05) is 6.07 Å². The summed E-state index contributed by atoms with van der Waals surface area (Å²) in [4.78, 5) is 14.2. The highest BCUT2D eigenvalue weighted by Crippen LogP contribution is 2.30. The van der Waals surface area contributed by atoms with Crippen LogP contribution in [0, 0.1) is 6.92 Å². The van der Waals surface area contributed by atoms with E-state index in [1.54, 1.807) is 6.07 Å². The van der Waals surface area contributed by atoms with Crippen LogP contribution in [0.25, 0.3) is 0 Å². The second-order valence-corrected chi connectivity index (χ2v) is 5.53. The molecule has 0 aliphatic carbocycles. The molecule has 1 atom stereocenters. The molecule has 0 spiro atoms. The topological polar surface area (TPSA) is 58.4 Å². The number of nitrogen functional groups attached to an aromatic ring is 1. The molecule has 0 aliphatic rings. The highest BCUT2D eigenvalue weighted by atomic mass is 16.1. The molecule has 0 aliphatic heterocycles. The summed E-state index contributed by atoms with van der Waals surface area (Å²) in [5.41, 5.74) is 9.49. The fraction of sp³-hybridized carbons (Fsp3) is 0.533. The minimum Gasteiger partial charge on any atom is -0.398 e. The highest BCUT2D eigenvalue weighted by Gasteiger charge is 2.19. The first-order chi connectivity index (χ1) is 8.75. The number of nitrogens with zero attached hydrogens (tertiary/aromatic N) is 1. The van der Waals surface area contributed by atoms with Crippen LogP contribution in [0.3, 0.4) is 0 Å². The molecule has 0 saturated heterocycles. The van der Waals surface area contributed by atoms with Crippen molar-refractivity contribution in [1.29, 1.82) is 0 Å². The van der Waals surface area contributed by atoms with Gasteiger partial charge in [0.15, 0.2) is 0 Å². The number of aryl methyl sites for hydroxylation is 1. The maximum atomic E-state index is 12.1. The zero-order valence-electron chi connectivity index (χ0n) is 12.7. The number of carbonyl (C=O) groups is 1. The van der Waals surface area contributed by atoms with Crippen molar-refractivity contribution in [2.75, 3.05) is 19.8 Å². The molecule has 4 nitrogen and oxygen atoms in total. The Hall–Kier alpha value is -1.55. The fourth-order valence-corrected chi connectivity index (χ4v) is 2.10. The number of hydrogen-bond donors (Lipinski definition) is 2. The third kappa shape index (κ3) is 3.47. The van der Waals surface area contributed by atoms with Gasteiger partial charge in [0, 0.05) is 17.8 Å². The monoisotopic (exact) mass is 263 g/mol. The number of nitrogens with one attached hydrogen (secondary N) is 1. The molecular formula is C15H25N3O. The molecule has 1 aromatic carbocycles. The standard InChI is InChI=1S/C15H25N3O/c1-9(2)17-15(19)12-8-7-10(3)13(14(12)16)11(4)18(5)6/h7-9,11H,16H2,1-6H3,(H,17,19). The minimum atomic E-state index is -0.111. The first-order valence-electron chi connectivity index (χ1n) is 6.62. The molecule has 106 valence electrons. The van der Waals surface area contributed by atoms with Gasteiger partial charge in [-0.05, 0) is 59.0 Å². The van der Waals surface area contributed by atoms with E-state index in [4.69, 9.17) is 5.73 Å². The molecule has 1 amide bonds. The zero-order chi connectivity index (χ0) is 14.7. The smallest absolute Gasteiger partial charge is 0.253 e. The molecular weight excluding hydrogens is 238 g/mol. The Balaban J connectivity index is 3.24. The summed E-state index contributed by atoms with van der Waals surface area (Å²) in [6, 6.07) is 4.03. The van der Waals surface area contributed by atoms with Gasteiger partial charge < -0.3 is 16.0 Å². The lowest BCUT2D eigenvalue weighted by Gasteiger charge is -2.25. The van der Waals surface area contributed by atoms with E-state index < -0.39 is 0 Å². The van der Waals surface area contributed by atoms with Crippen LogP contribution in [0.4, 0.5) is 5.69 Å². The molecule has 3 N–H and O–H groups in total.